The van der Waals surface area contributed by atoms with Crippen molar-refractivity contribution < 1.29 is 22.5 Å². The summed E-state index contributed by atoms with van der Waals surface area (Å²) >= 11 is 0. The Hall–Kier alpha value is -3.91. The number of fused-ring (bicyclic) bond motifs is 1. The first-order valence-electron chi connectivity index (χ1n) is 10.8. The molecule has 11 heteroatoms. The number of nitrogens with zero attached hydrogens (tertiary/aromatic N) is 4. The van der Waals surface area contributed by atoms with Gasteiger partial charge in [-0.25, -0.2) is 8.42 Å². The third-order valence-electron chi connectivity index (χ3n) is 5.99. The Bertz CT molecular complexity index is 1400. The molecule has 1 aromatic heterocycles. The van der Waals surface area contributed by atoms with Gasteiger partial charge in [0.25, 0.3) is 15.9 Å². The molecule has 34 heavy (non-hydrogen) atoms. The lowest BCUT2D eigenvalue weighted by Crippen LogP contribution is -2.38. The highest BCUT2D eigenvalue weighted by atomic mass is 32.2. The monoisotopic (exact) mass is 479 g/mol. The van der Waals surface area contributed by atoms with Crippen LogP contribution in [0.15, 0.2) is 45.8 Å². The Labute approximate surface area is 196 Å². The number of benzene rings is 2. The minimum absolute atomic E-state index is 0.0248. The average molecular weight is 480 g/mol. The van der Waals surface area contributed by atoms with Gasteiger partial charge in [-0.3, -0.25) is 14.4 Å². The van der Waals surface area contributed by atoms with Gasteiger partial charge in [0.2, 0.25) is 5.89 Å². The third kappa shape index (κ3) is 4.08. The molecule has 1 fully saturated rings. The quantitative estimate of drug-likeness (QED) is 0.568. The first-order valence-corrected chi connectivity index (χ1v) is 12.3. The molecule has 1 saturated carbocycles. The number of hydrogen-bond acceptors (Lipinski definition) is 8. The lowest BCUT2D eigenvalue weighted by molar-refractivity contribution is -0.121. The first kappa shape index (κ1) is 21.9. The summed E-state index contributed by atoms with van der Waals surface area (Å²) in [6.45, 7) is 1.51. The standard InChI is InChI=1S/C23H21N5O5S/c1-14-9-18-19(10-20(14)34(30,31)27-17-7-5-15(11-24)6-8-17)32-13-22(29)28(18)12-21-25-23(33-26-21)16-3-2-4-16/h5-10,16,27H,2-4,12-13H2,1H3. The number of hydrogen-bond donors (Lipinski definition) is 1. The van der Waals surface area contributed by atoms with Crippen molar-refractivity contribution in [1.29, 1.82) is 5.26 Å². The molecule has 1 aliphatic heterocycles. The minimum atomic E-state index is -3.95. The topological polar surface area (TPSA) is 138 Å². The Balaban J connectivity index is 1.41. The van der Waals surface area contributed by atoms with Crippen molar-refractivity contribution in [3.63, 3.8) is 0 Å². The smallest absolute Gasteiger partial charge is 0.265 e. The average Bonchev–Trinajstić information content (AvgIpc) is 3.22. The Morgan fingerprint density at radius 3 is 2.68 bits per heavy atom. The molecule has 5 rings (SSSR count). The van der Waals surface area contributed by atoms with Crippen LogP contribution in [0.3, 0.4) is 0 Å². The summed E-state index contributed by atoms with van der Waals surface area (Å²) < 4.78 is 39.5. The van der Waals surface area contributed by atoms with Crippen molar-refractivity contribution in [2.45, 2.75) is 43.5 Å². The van der Waals surface area contributed by atoms with E-state index in [-0.39, 0.29) is 35.6 Å². The molecular formula is C23H21N5O5S. The van der Waals surface area contributed by atoms with Gasteiger partial charge in [0, 0.05) is 17.7 Å². The Kier molecular flexibility index (Phi) is 5.45. The highest BCUT2D eigenvalue weighted by molar-refractivity contribution is 7.92. The van der Waals surface area contributed by atoms with Gasteiger partial charge in [-0.15, -0.1) is 0 Å². The van der Waals surface area contributed by atoms with Gasteiger partial charge in [0.15, 0.2) is 12.4 Å². The zero-order valence-corrected chi connectivity index (χ0v) is 19.1. The Morgan fingerprint density at radius 2 is 2.00 bits per heavy atom. The van der Waals surface area contributed by atoms with Gasteiger partial charge >= 0.3 is 0 Å². The van der Waals surface area contributed by atoms with Gasteiger partial charge in [-0.05, 0) is 55.7 Å². The van der Waals surface area contributed by atoms with Crippen molar-refractivity contribution in [3.05, 3.63) is 59.2 Å². The maximum absolute atomic E-state index is 13.1. The van der Waals surface area contributed by atoms with Gasteiger partial charge in [-0.2, -0.15) is 10.2 Å². The van der Waals surface area contributed by atoms with Crippen LogP contribution in [0.5, 0.6) is 5.75 Å². The minimum Gasteiger partial charge on any atom is -0.482 e. The van der Waals surface area contributed by atoms with E-state index in [1.165, 1.54) is 35.2 Å². The van der Waals surface area contributed by atoms with E-state index in [2.05, 4.69) is 14.9 Å². The molecule has 1 aliphatic carbocycles. The van der Waals surface area contributed by atoms with Gasteiger partial charge in [0.05, 0.1) is 28.8 Å². The van der Waals surface area contributed by atoms with Crippen LogP contribution in [0, 0.1) is 18.3 Å². The van der Waals surface area contributed by atoms with Crippen LogP contribution in [0.25, 0.3) is 0 Å². The van der Waals surface area contributed by atoms with Crippen LogP contribution >= 0.6 is 0 Å². The second-order valence-electron chi connectivity index (χ2n) is 8.33. The van der Waals surface area contributed by atoms with Crippen molar-refractivity contribution in [1.82, 2.24) is 10.1 Å². The third-order valence-corrected chi connectivity index (χ3v) is 7.52. The number of sulfonamides is 1. The molecule has 0 unspecified atom stereocenters. The molecule has 2 aliphatic rings. The van der Waals surface area contributed by atoms with E-state index >= 15 is 0 Å². The molecule has 0 saturated heterocycles. The van der Waals surface area contributed by atoms with E-state index in [0.29, 0.717) is 34.2 Å². The molecule has 3 aromatic rings. The molecule has 0 bridgehead atoms. The van der Waals surface area contributed by atoms with Gasteiger partial charge in [0.1, 0.15) is 5.75 Å². The second kappa shape index (κ2) is 8.46. The van der Waals surface area contributed by atoms with Crippen molar-refractivity contribution in [2.24, 2.45) is 0 Å². The fourth-order valence-corrected chi connectivity index (χ4v) is 5.21. The molecule has 10 nitrogen and oxygen atoms in total. The summed E-state index contributed by atoms with van der Waals surface area (Å²) in [7, 11) is -3.95. The lowest BCUT2D eigenvalue weighted by atomic mass is 9.85. The summed E-state index contributed by atoms with van der Waals surface area (Å²) in [5, 5.41) is 12.9. The first-order chi connectivity index (χ1) is 16.3. The van der Waals surface area contributed by atoms with E-state index in [1.54, 1.807) is 13.0 Å². The maximum atomic E-state index is 13.1. The Morgan fingerprint density at radius 1 is 1.24 bits per heavy atom. The van der Waals surface area contributed by atoms with Crippen LogP contribution < -0.4 is 14.4 Å². The summed E-state index contributed by atoms with van der Waals surface area (Å²) in [6.07, 6.45) is 3.18. The van der Waals surface area contributed by atoms with Gasteiger partial charge in [-0.1, -0.05) is 11.6 Å². The number of aromatic nitrogens is 2. The molecule has 1 N–H and O–H groups in total. The van der Waals surface area contributed by atoms with E-state index < -0.39 is 10.0 Å². The number of rotatable bonds is 6. The van der Waals surface area contributed by atoms with Crippen molar-refractivity contribution in [3.8, 4) is 11.8 Å². The summed E-state index contributed by atoms with van der Waals surface area (Å²) in [6, 6.07) is 11.1. The van der Waals surface area contributed by atoms with Crippen molar-refractivity contribution in [2.75, 3.05) is 16.2 Å². The number of nitrogens with one attached hydrogen (secondary N) is 1. The highest BCUT2D eigenvalue weighted by Gasteiger charge is 2.31. The molecule has 2 heterocycles. The number of aryl methyl sites for hydroxylation is 1. The molecule has 174 valence electrons. The van der Waals surface area contributed by atoms with E-state index in [4.69, 9.17) is 14.5 Å². The molecule has 0 radical (unpaired) electrons. The number of nitriles is 1. The van der Waals surface area contributed by atoms with E-state index in [0.717, 1.165) is 19.3 Å². The zero-order valence-electron chi connectivity index (χ0n) is 18.3. The summed E-state index contributed by atoms with van der Waals surface area (Å²) in [5.74, 6) is 1.25. The van der Waals surface area contributed by atoms with Crippen LogP contribution in [-0.4, -0.2) is 31.1 Å². The van der Waals surface area contributed by atoms with Crippen LogP contribution in [0.2, 0.25) is 0 Å². The fourth-order valence-electron chi connectivity index (χ4n) is 3.91. The van der Waals surface area contributed by atoms with E-state index in [9.17, 15) is 13.2 Å². The highest BCUT2D eigenvalue weighted by Crippen LogP contribution is 2.38. The number of anilines is 2. The maximum Gasteiger partial charge on any atom is 0.265 e. The molecule has 0 spiro atoms. The molecule has 0 atom stereocenters. The molecule has 1 amide bonds. The normalized spacial score (nSPS) is 15.8. The lowest BCUT2D eigenvalue weighted by Gasteiger charge is -2.29. The zero-order chi connectivity index (χ0) is 23.9. The van der Waals surface area contributed by atoms with Crippen molar-refractivity contribution >= 4 is 27.3 Å². The fraction of sp³-hybridized carbons (Fsp3) is 0.304. The molecule has 2 aromatic carbocycles. The molecular weight excluding hydrogens is 458 g/mol. The largest absolute Gasteiger partial charge is 0.482 e. The summed E-state index contributed by atoms with van der Waals surface area (Å²) in [4.78, 5) is 18.6. The predicted molar refractivity (Wildman–Crippen MR) is 121 cm³/mol. The predicted octanol–water partition coefficient (Wildman–Crippen LogP) is 3.24. The van der Waals surface area contributed by atoms with Crippen LogP contribution in [-0.2, 0) is 21.4 Å². The number of carbonyl (C=O) groups is 1. The van der Waals surface area contributed by atoms with E-state index in [1.807, 2.05) is 6.07 Å². The SMILES string of the molecule is Cc1cc2c(cc1S(=O)(=O)Nc1ccc(C#N)cc1)OCC(=O)N2Cc1noc(C2CCC2)n1. The van der Waals surface area contributed by atoms with Crippen LogP contribution in [0.1, 0.15) is 48.0 Å². The van der Waals surface area contributed by atoms with Gasteiger partial charge < -0.3 is 9.26 Å². The second-order valence-corrected chi connectivity index (χ2v) is 9.98. The van der Waals surface area contributed by atoms with Crippen LogP contribution in [0.4, 0.5) is 11.4 Å². The summed E-state index contributed by atoms with van der Waals surface area (Å²) in [5.41, 5.74) is 1.63. The number of ether oxygens (including phenoxy) is 1. The number of carbonyl (C=O) groups excluding carboxylic acids is 1. The number of amides is 1.